The van der Waals surface area contributed by atoms with Crippen LogP contribution in [-0.2, 0) is 9.59 Å². The fraction of sp³-hybridized carbons (Fsp3) is 0.267. The maximum atomic E-state index is 12.1. The number of benzene rings is 1. The molecule has 5 heteroatoms. The number of hydrogen-bond acceptors (Lipinski definition) is 3. The van der Waals surface area contributed by atoms with E-state index >= 15 is 0 Å². The van der Waals surface area contributed by atoms with Gasteiger partial charge in [-0.3, -0.25) is 9.59 Å². The Balaban J connectivity index is 2.02. The van der Waals surface area contributed by atoms with E-state index in [1.54, 1.807) is 6.92 Å². The molecule has 5 nitrogen and oxygen atoms in total. The molecule has 2 aromatic rings. The van der Waals surface area contributed by atoms with Crippen molar-refractivity contribution < 1.29 is 9.59 Å². The van der Waals surface area contributed by atoms with E-state index in [0.29, 0.717) is 0 Å². The molecule has 0 spiro atoms. The Morgan fingerprint density at radius 1 is 1.20 bits per heavy atom. The quantitative estimate of drug-likeness (QED) is 0.840. The van der Waals surface area contributed by atoms with E-state index in [0.717, 1.165) is 17.0 Å². The third-order valence-electron chi connectivity index (χ3n) is 3.54. The zero-order chi connectivity index (χ0) is 14.3. The van der Waals surface area contributed by atoms with Gasteiger partial charge >= 0.3 is 0 Å². The van der Waals surface area contributed by atoms with Crippen molar-refractivity contribution in [2.24, 2.45) is 0 Å². The van der Waals surface area contributed by atoms with Crippen molar-refractivity contribution in [1.29, 1.82) is 0 Å². The number of nitrogens with one attached hydrogen (secondary N) is 1. The van der Waals surface area contributed by atoms with Crippen LogP contribution in [0.25, 0.3) is 11.3 Å². The molecule has 20 heavy (non-hydrogen) atoms. The van der Waals surface area contributed by atoms with Gasteiger partial charge in [-0.25, -0.2) is 4.68 Å². The summed E-state index contributed by atoms with van der Waals surface area (Å²) in [7, 11) is 0. The summed E-state index contributed by atoms with van der Waals surface area (Å²) in [6, 6.07) is 10.3. The van der Waals surface area contributed by atoms with E-state index in [1.165, 1.54) is 4.68 Å². The number of carbonyl (C=O) groups is 2. The Morgan fingerprint density at radius 2 is 1.90 bits per heavy atom. The van der Waals surface area contributed by atoms with Crippen LogP contribution >= 0.6 is 0 Å². The first-order valence-corrected chi connectivity index (χ1v) is 6.53. The van der Waals surface area contributed by atoms with Gasteiger partial charge in [0.1, 0.15) is 0 Å². The first-order chi connectivity index (χ1) is 9.58. The Labute approximate surface area is 116 Å². The van der Waals surface area contributed by atoms with Crippen LogP contribution in [0, 0.1) is 6.92 Å². The second kappa shape index (κ2) is 4.59. The van der Waals surface area contributed by atoms with E-state index in [9.17, 15) is 9.59 Å². The smallest absolute Gasteiger partial charge is 0.253 e. The minimum absolute atomic E-state index is 0.138. The average Bonchev–Trinajstić information content (AvgIpc) is 2.92. The van der Waals surface area contributed by atoms with Gasteiger partial charge in [0.25, 0.3) is 5.91 Å². The second-order valence-electron chi connectivity index (χ2n) is 5.02. The molecule has 0 saturated carbocycles. The fourth-order valence-corrected chi connectivity index (χ4v) is 2.46. The highest BCUT2D eigenvalue weighted by Gasteiger charge is 2.41. The van der Waals surface area contributed by atoms with Crippen LogP contribution in [0.15, 0.2) is 36.4 Å². The van der Waals surface area contributed by atoms with Crippen LogP contribution in [-0.4, -0.2) is 27.5 Å². The minimum atomic E-state index is -0.845. The van der Waals surface area contributed by atoms with Crippen LogP contribution in [0.1, 0.15) is 18.7 Å². The predicted octanol–water partition coefficient (Wildman–Crippen LogP) is 1.49. The van der Waals surface area contributed by atoms with Gasteiger partial charge < -0.3 is 5.32 Å². The monoisotopic (exact) mass is 269 g/mol. The van der Waals surface area contributed by atoms with E-state index in [-0.39, 0.29) is 11.7 Å². The molecule has 1 aromatic carbocycles. The molecule has 1 saturated heterocycles. The Kier molecular flexibility index (Phi) is 2.89. The van der Waals surface area contributed by atoms with Gasteiger partial charge in [0.15, 0.2) is 11.8 Å². The summed E-state index contributed by atoms with van der Waals surface area (Å²) in [5.74, 6) is -0.422. The van der Waals surface area contributed by atoms with Gasteiger partial charge in [0.2, 0.25) is 0 Å². The van der Waals surface area contributed by atoms with Crippen molar-refractivity contribution >= 4 is 11.7 Å². The third-order valence-corrected chi connectivity index (χ3v) is 3.54. The van der Waals surface area contributed by atoms with Gasteiger partial charge in [-0.15, -0.1) is 0 Å². The number of rotatable bonds is 2. The number of carbonyl (C=O) groups excluding carboxylic acids is 2. The molecule has 0 bridgehead atoms. The molecule has 1 amide bonds. The van der Waals surface area contributed by atoms with Crippen molar-refractivity contribution in [1.82, 2.24) is 15.1 Å². The van der Waals surface area contributed by atoms with E-state index in [4.69, 9.17) is 0 Å². The van der Waals surface area contributed by atoms with Crippen LogP contribution in [0.2, 0.25) is 0 Å². The summed E-state index contributed by atoms with van der Waals surface area (Å²) in [4.78, 5) is 24.0. The maximum absolute atomic E-state index is 12.1. The largest absolute Gasteiger partial charge is 0.344 e. The zero-order valence-electron chi connectivity index (χ0n) is 11.3. The topological polar surface area (TPSA) is 64.0 Å². The average molecular weight is 269 g/mol. The normalized spacial score (nSPS) is 22.1. The van der Waals surface area contributed by atoms with Gasteiger partial charge in [-0.1, -0.05) is 30.3 Å². The Hall–Kier alpha value is -2.43. The van der Waals surface area contributed by atoms with Crippen LogP contribution in [0.5, 0.6) is 0 Å². The molecule has 0 radical (unpaired) electrons. The molecule has 2 heterocycles. The lowest BCUT2D eigenvalue weighted by Crippen LogP contribution is -2.25. The SMILES string of the molecule is Cc1cc(-c2ccccc2)nn1C1C(=O)NC(C)C1=O. The highest BCUT2D eigenvalue weighted by Crippen LogP contribution is 2.24. The molecule has 1 aliphatic rings. The molecule has 2 atom stereocenters. The molecule has 1 fully saturated rings. The number of amides is 1. The minimum Gasteiger partial charge on any atom is -0.344 e. The number of nitrogens with zero attached hydrogens (tertiary/aromatic N) is 2. The van der Waals surface area contributed by atoms with E-state index < -0.39 is 12.1 Å². The molecule has 2 unspecified atom stereocenters. The maximum Gasteiger partial charge on any atom is 0.253 e. The van der Waals surface area contributed by atoms with Crippen LogP contribution in [0.3, 0.4) is 0 Å². The number of Topliss-reactive ketones (excluding diaryl/α,β-unsaturated/α-hetero) is 1. The third kappa shape index (κ3) is 1.91. The number of aryl methyl sites for hydroxylation is 1. The van der Waals surface area contributed by atoms with Crippen molar-refractivity contribution in [2.75, 3.05) is 0 Å². The lowest BCUT2D eigenvalue weighted by Gasteiger charge is -2.08. The number of aromatic nitrogens is 2. The highest BCUT2D eigenvalue weighted by atomic mass is 16.2. The predicted molar refractivity (Wildman–Crippen MR) is 74.0 cm³/mol. The number of ketones is 1. The van der Waals surface area contributed by atoms with Gasteiger partial charge in [0, 0.05) is 11.3 Å². The Morgan fingerprint density at radius 3 is 2.50 bits per heavy atom. The van der Waals surface area contributed by atoms with Gasteiger partial charge in [0.05, 0.1) is 11.7 Å². The molecule has 3 rings (SSSR count). The summed E-state index contributed by atoms with van der Waals surface area (Å²) < 4.78 is 1.52. The molecule has 1 aliphatic heterocycles. The molecule has 102 valence electrons. The van der Waals surface area contributed by atoms with Gasteiger partial charge in [-0.2, -0.15) is 5.10 Å². The van der Waals surface area contributed by atoms with Crippen LogP contribution < -0.4 is 5.32 Å². The van der Waals surface area contributed by atoms with Gasteiger partial charge in [-0.05, 0) is 19.9 Å². The lowest BCUT2D eigenvalue weighted by molar-refractivity contribution is -0.127. The molecular formula is C15H15N3O2. The summed E-state index contributed by atoms with van der Waals surface area (Å²) in [6.07, 6.45) is 0. The van der Waals surface area contributed by atoms with Crippen molar-refractivity contribution in [3.05, 3.63) is 42.1 Å². The summed E-state index contributed by atoms with van der Waals surface area (Å²) in [5.41, 5.74) is 2.53. The van der Waals surface area contributed by atoms with E-state index in [2.05, 4.69) is 10.4 Å². The van der Waals surface area contributed by atoms with E-state index in [1.807, 2.05) is 43.3 Å². The first-order valence-electron chi connectivity index (χ1n) is 6.53. The Bertz CT molecular complexity index is 676. The summed E-state index contributed by atoms with van der Waals surface area (Å²) in [6.45, 7) is 3.54. The van der Waals surface area contributed by atoms with Crippen LogP contribution in [0.4, 0.5) is 0 Å². The first kappa shape index (κ1) is 12.6. The summed E-state index contributed by atoms with van der Waals surface area (Å²) >= 11 is 0. The highest BCUT2D eigenvalue weighted by molar-refractivity contribution is 6.12. The fourth-order valence-electron chi connectivity index (χ4n) is 2.46. The summed E-state index contributed by atoms with van der Waals surface area (Å²) in [5, 5.41) is 7.07. The standard InChI is InChI=1S/C15H15N3O2/c1-9-8-12(11-6-4-3-5-7-11)17-18(9)13-14(19)10(2)16-15(13)20/h3-8,10,13H,1-2H3,(H,16,20). The second-order valence-corrected chi connectivity index (χ2v) is 5.02. The molecule has 0 aliphatic carbocycles. The molecule has 1 aromatic heterocycles. The van der Waals surface area contributed by atoms with Crippen molar-refractivity contribution in [3.63, 3.8) is 0 Å². The number of hydrogen-bond donors (Lipinski definition) is 1. The zero-order valence-corrected chi connectivity index (χ0v) is 11.3. The molecular weight excluding hydrogens is 254 g/mol. The van der Waals surface area contributed by atoms with Crippen molar-refractivity contribution in [2.45, 2.75) is 25.9 Å². The lowest BCUT2D eigenvalue weighted by atomic mass is 10.1. The van der Waals surface area contributed by atoms with Crippen molar-refractivity contribution in [3.8, 4) is 11.3 Å². The molecule has 1 N–H and O–H groups in total.